The summed E-state index contributed by atoms with van der Waals surface area (Å²) in [6, 6.07) is 17.6. The molecule has 4 nitrogen and oxygen atoms in total. The van der Waals surface area contributed by atoms with Gasteiger partial charge in [-0.3, -0.25) is 4.79 Å². The van der Waals surface area contributed by atoms with Gasteiger partial charge in [-0.1, -0.05) is 60.7 Å². The molecule has 5 rings (SSSR count). The van der Waals surface area contributed by atoms with Crippen LogP contribution < -0.4 is 5.11 Å². The molecule has 2 bridgehead atoms. The van der Waals surface area contributed by atoms with Gasteiger partial charge in [0.05, 0.1) is 13.1 Å². The number of carbonyl (C=O) groups excluding carboxylic acids is 1. The van der Waals surface area contributed by atoms with Gasteiger partial charge < -0.3 is 14.3 Å². The molecular formula is C24H25NO3. The number of terminal acetylenes is 1. The molecule has 3 fully saturated rings. The third-order valence-corrected chi connectivity index (χ3v) is 6.37. The Labute approximate surface area is 166 Å². The zero-order valence-electron chi connectivity index (χ0n) is 15.9. The fourth-order valence-corrected chi connectivity index (χ4v) is 4.74. The van der Waals surface area contributed by atoms with Gasteiger partial charge in [0.15, 0.2) is 6.10 Å². The van der Waals surface area contributed by atoms with Crippen LogP contribution in [0.1, 0.15) is 24.0 Å². The lowest BCUT2D eigenvalue weighted by atomic mass is 9.82. The first-order chi connectivity index (χ1) is 13.6. The Bertz CT molecular complexity index is 824. The molecule has 0 aliphatic carbocycles. The minimum atomic E-state index is -2.08. The highest BCUT2D eigenvalue weighted by atomic mass is 16.6. The first-order valence-corrected chi connectivity index (χ1v) is 9.88. The van der Waals surface area contributed by atoms with Crippen molar-refractivity contribution in [1.82, 2.24) is 0 Å². The van der Waals surface area contributed by atoms with Crippen LogP contribution in [0.5, 0.6) is 0 Å². The van der Waals surface area contributed by atoms with Crippen molar-refractivity contribution >= 4 is 5.97 Å². The summed E-state index contributed by atoms with van der Waals surface area (Å²) in [5.41, 5.74) is -1.27. The Morgan fingerprint density at radius 2 is 1.61 bits per heavy atom. The van der Waals surface area contributed by atoms with Gasteiger partial charge in [-0.2, -0.15) is 0 Å². The van der Waals surface area contributed by atoms with Crippen molar-refractivity contribution in [2.75, 3.05) is 26.2 Å². The second-order valence-corrected chi connectivity index (χ2v) is 8.03. The quantitative estimate of drug-likeness (QED) is 0.457. The van der Waals surface area contributed by atoms with Gasteiger partial charge in [-0.25, -0.2) is 0 Å². The van der Waals surface area contributed by atoms with Gasteiger partial charge in [0, 0.05) is 24.4 Å². The van der Waals surface area contributed by atoms with Crippen LogP contribution in [-0.4, -0.2) is 42.7 Å². The maximum atomic E-state index is 14.0. The number of esters is 1. The molecule has 3 aliphatic heterocycles. The van der Waals surface area contributed by atoms with Crippen LogP contribution in [0.2, 0.25) is 0 Å². The lowest BCUT2D eigenvalue weighted by Crippen LogP contribution is -2.65. The number of fused-ring (bicyclic) bond motifs is 3. The first kappa shape index (κ1) is 18.7. The van der Waals surface area contributed by atoms with E-state index < -0.39 is 11.6 Å². The van der Waals surface area contributed by atoms with E-state index in [4.69, 9.17) is 11.2 Å². The van der Waals surface area contributed by atoms with Gasteiger partial charge in [0.1, 0.15) is 13.1 Å². The van der Waals surface area contributed by atoms with Crippen molar-refractivity contribution in [3.63, 3.8) is 0 Å². The van der Waals surface area contributed by atoms with Crippen molar-refractivity contribution in [2.24, 2.45) is 5.92 Å². The van der Waals surface area contributed by atoms with Crippen molar-refractivity contribution < 1.29 is 19.1 Å². The zero-order chi connectivity index (χ0) is 19.6. The number of nitrogens with zero attached hydrogens (tertiary/aromatic N) is 1. The summed E-state index contributed by atoms with van der Waals surface area (Å²) < 4.78 is 6.73. The Hall–Kier alpha value is -2.61. The molecule has 4 heteroatoms. The van der Waals surface area contributed by atoms with Crippen LogP contribution in [0.25, 0.3) is 0 Å². The maximum absolute atomic E-state index is 14.0. The number of piperidine rings is 3. The number of hydrogen-bond acceptors (Lipinski definition) is 3. The molecule has 0 radical (unpaired) electrons. The summed E-state index contributed by atoms with van der Waals surface area (Å²) in [6.07, 6.45) is 7.31. The number of ether oxygens (including phenoxy) is 1. The number of benzene rings is 2. The summed E-state index contributed by atoms with van der Waals surface area (Å²) in [6.45, 7) is 3.42. The van der Waals surface area contributed by atoms with E-state index >= 15 is 0 Å². The van der Waals surface area contributed by atoms with Crippen LogP contribution >= 0.6 is 0 Å². The highest BCUT2D eigenvalue weighted by molar-refractivity contribution is 5.85. The fraction of sp³-hybridized carbons (Fsp3) is 0.375. The Kier molecular flexibility index (Phi) is 4.97. The van der Waals surface area contributed by atoms with Gasteiger partial charge >= 0.3 is 5.97 Å². The minimum absolute atomic E-state index is 0.246. The smallest absolute Gasteiger partial charge is 0.304 e. The summed E-state index contributed by atoms with van der Waals surface area (Å²) in [5, 5.41) is 14.0. The van der Waals surface area contributed by atoms with E-state index in [-0.39, 0.29) is 6.10 Å². The lowest BCUT2D eigenvalue weighted by molar-refractivity contribution is -0.939. The van der Waals surface area contributed by atoms with E-state index in [1.165, 1.54) is 0 Å². The average molecular weight is 375 g/mol. The molecule has 0 saturated carbocycles. The second kappa shape index (κ2) is 7.43. The number of rotatable bonds is 5. The molecule has 0 N–H and O–H groups in total. The molecule has 0 aromatic heterocycles. The van der Waals surface area contributed by atoms with Crippen molar-refractivity contribution in [2.45, 2.75) is 24.5 Å². The van der Waals surface area contributed by atoms with Gasteiger partial charge in [0.2, 0.25) is 0 Å². The van der Waals surface area contributed by atoms with E-state index in [1.54, 1.807) is 48.5 Å². The maximum Gasteiger partial charge on any atom is 0.304 e. The van der Waals surface area contributed by atoms with Gasteiger partial charge in [-0.15, -0.1) is 6.42 Å². The molecule has 3 saturated heterocycles. The summed E-state index contributed by atoms with van der Waals surface area (Å²) in [5.74, 6) is 2.38. The molecule has 144 valence electrons. The van der Waals surface area contributed by atoms with Gasteiger partial charge in [-0.05, 0) is 17.0 Å². The van der Waals surface area contributed by atoms with Crippen molar-refractivity contribution in [3.8, 4) is 12.3 Å². The van der Waals surface area contributed by atoms with Crippen LogP contribution in [0.4, 0.5) is 0 Å². The summed E-state index contributed by atoms with van der Waals surface area (Å²) in [7, 11) is 0. The molecule has 2 aromatic rings. The Morgan fingerprint density at radius 1 is 1.07 bits per heavy atom. The third-order valence-electron chi connectivity index (χ3n) is 6.37. The molecule has 1 atom stereocenters. The molecule has 2 aromatic carbocycles. The van der Waals surface area contributed by atoms with Crippen LogP contribution in [-0.2, 0) is 15.1 Å². The van der Waals surface area contributed by atoms with Crippen LogP contribution in [0.15, 0.2) is 60.7 Å². The van der Waals surface area contributed by atoms with Crippen molar-refractivity contribution in [1.29, 1.82) is 0 Å². The van der Waals surface area contributed by atoms with Gasteiger partial charge in [0.25, 0.3) is 0 Å². The molecule has 3 heterocycles. The van der Waals surface area contributed by atoms with Crippen molar-refractivity contribution in [3.05, 3.63) is 71.8 Å². The largest absolute Gasteiger partial charge is 0.834 e. The number of hydrogen-bond donors (Lipinski definition) is 0. The molecule has 0 spiro atoms. The highest BCUT2D eigenvalue weighted by Gasteiger charge is 2.48. The third kappa shape index (κ3) is 3.22. The predicted octanol–water partition coefficient (Wildman–Crippen LogP) is 2.08. The molecule has 1 unspecified atom stereocenters. The Balaban J connectivity index is 1.63. The molecule has 0 amide bonds. The number of carbonyl (C=O) groups is 1. The predicted molar refractivity (Wildman–Crippen MR) is 105 cm³/mol. The monoisotopic (exact) mass is 375 g/mol. The topological polar surface area (TPSA) is 49.4 Å². The standard InChI is InChI=1S/C24H25NO3/c1-2-15-25-16-13-19(14-17-25)22(18-25)28-23(26)24(27,20-9-5-3-6-10-20)21-11-7-4-8-12-21/h1,3-12,19,22H,13-18H2. The molecule has 28 heavy (non-hydrogen) atoms. The van der Waals surface area contributed by atoms with E-state index in [0.717, 1.165) is 30.4 Å². The highest BCUT2D eigenvalue weighted by Crippen LogP contribution is 2.37. The molecular weight excluding hydrogens is 350 g/mol. The second-order valence-electron chi connectivity index (χ2n) is 8.03. The van der Waals surface area contributed by atoms with Crippen LogP contribution in [0, 0.1) is 18.3 Å². The summed E-state index contributed by atoms with van der Waals surface area (Å²) >= 11 is 0. The van der Waals surface area contributed by atoms with E-state index in [1.807, 2.05) is 12.1 Å². The summed E-state index contributed by atoms with van der Waals surface area (Å²) in [4.78, 5) is 13.3. The minimum Gasteiger partial charge on any atom is -0.834 e. The molecule has 3 aliphatic rings. The fourth-order valence-electron chi connectivity index (χ4n) is 4.74. The van der Waals surface area contributed by atoms with E-state index in [0.29, 0.717) is 30.1 Å². The number of quaternary nitrogens is 1. The first-order valence-electron chi connectivity index (χ1n) is 9.88. The SMILES string of the molecule is C#CC[N+]12CCC(CC1)C(OC(=O)C([O-])(c1ccccc1)c1ccccc1)C2. The normalized spacial score (nSPS) is 26.4. The average Bonchev–Trinajstić information content (AvgIpc) is 2.75. The van der Waals surface area contributed by atoms with Crippen LogP contribution in [0.3, 0.4) is 0 Å². The van der Waals surface area contributed by atoms with E-state index in [2.05, 4.69) is 5.92 Å². The zero-order valence-corrected chi connectivity index (χ0v) is 15.9. The lowest BCUT2D eigenvalue weighted by Gasteiger charge is -2.52. The Morgan fingerprint density at radius 3 is 2.11 bits per heavy atom. The van der Waals surface area contributed by atoms with E-state index in [9.17, 15) is 9.90 Å².